The zero-order valence-electron chi connectivity index (χ0n) is 19.5. The SMILES string of the molecule is COC(=O)[C@H]1[C@@H]2[C@@]3(C)C(=O)O[C@]2(CC[C@H]3C(=O)OCc2ccccc2)[C@]23CC[C@@H]4C[C@]12C3[C@H]4O. The molecule has 0 amide bonds. The monoisotopic (exact) mass is 466 g/mol. The molecule has 7 nitrogen and oxygen atoms in total. The first-order valence-corrected chi connectivity index (χ1v) is 12.5. The van der Waals surface area contributed by atoms with Crippen LogP contribution < -0.4 is 0 Å². The number of ether oxygens (including phenoxy) is 3. The van der Waals surface area contributed by atoms with Crippen molar-refractivity contribution in [1.82, 2.24) is 0 Å². The van der Waals surface area contributed by atoms with Gasteiger partial charge in [-0.15, -0.1) is 0 Å². The summed E-state index contributed by atoms with van der Waals surface area (Å²) in [4.78, 5) is 40.4. The standard InChI is InChI=1S/C27H30O7/c1-24-16(21(29)33-13-14-6-4-3-5-7-14)9-11-27(34-23(24)31)19(24)17(22(30)32-2)25-12-15-8-10-26(25,27)20(25)18(15)28/h3-7,15-20,28H,8-13H2,1-2H3/t15-,16+,17-,18+,19-,20?,24+,25-,26+,27+/m1/s1. The molecule has 7 aliphatic rings. The van der Waals surface area contributed by atoms with E-state index in [1.165, 1.54) is 7.11 Å². The van der Waals surface area contributed by atoms with Crippen LogP contribution in [0.25, 0.3) is 0 Å². The van der Waals surface area contributed by atoms with E-state index in [-0.39, 0.29) is 29.8 Å². The highest BCUT2D eigenvalue weighted by Crippen LogP contribution is 2.97. The molecule has 34 heavy (non-hydrogen) atoms. The number of aliphatic hydroxyl groups excluding tert-OH is 1. The fourth-order valence-electron chi connectivity index (χ4n) is 10.3. The van der Waals surface area contributed by atoms with Crippen molar-refractivity contribution in [3.8, 4) is 0 Å². The average Bonchev–Trinajstić information content (AvgIpc) is 3.23. The summed E-state index contributed by atoms with van der Waals surface area (Å²) in [5.74, 6) is -2.67. The first-order valence-electron chi connectivity index (χ1n) is 12.5. The Kier molecular flexibility index (Phi) is 3.83. The molecule has 7 heteroatoms. The Morgan fingerprint density at radius 2 is 1.88 bits per heavy atom. The molecule has 1 N–H and O–H groups in total. The Bertz CT molecular complexity index is 1120. The van der Waals surface area contributed by atoms with Gasteiger partial charge in [-0.1, -0.05) is 30.3 Å². The highest BCUT2D eigenvalue weighted by atomic mass is 16.6. The van der Waals surface area contributed by atoms with Crippen molar-refractivity contribution in [2.75, 3.05) is 7.11 Å². The third-order valence-electron chi connectivity index (χ3n) is 11.2. The Labute approximate surface area is 198 Å². The van der Waals surface area contributed by atoms with E-state index in [0.717, 1.165) is 24.8 Å². The molecule has 7 fully saturated rings. The third kappa shape index (κ3) is 1.91. The van der Waals surface area contributed by atoms with Crippen molar-refractivity contribution < 1.29 is 33.7 Å². The Morgan fingerprint density at radius 3 is 2.62 bits per heavy atom. The van der Waals surface area contributed by atoms with E-state index in [1.54, 1.807) is 6.92 Å². The highest BCUT2D eigenvalue weighted by molar-refractivity contribution is 5.91. The van der Waals surface area contributed by atoms with Crippen LogP contribution in [0.3, 0.4) is 0 Å². The quantitative estimate of drug-likeness (QED) is 0.538. The summed E-state index contributed by atoms with van der Waals surface area (Å²) in [5, 5.41) is 11.1. The van der Waals surface area contributed by atoms with Gasteiger partial charge in [-0.3, -0.25) is 14.4 Å². The normalized spacial score (nSPS) is 50.7. The van der Waals surface area contributed by atoms with Crippen LogP contribution in [0.1, 0.15) is 44.6 Å². The lowest BCUT2D eigenvalue weighted by molar-refractivity contribution is -0.168. The summed E-state index contributed by atoms with van der Waals surface area (Å²) in [6, 6.07) is 9.46. The lowest BCUT2D eigenvalue weighted by Gasteiger charge is -2.49. The van der Waals surface area contributed by atoms with Crippen LogP contribution in [0.4, 0.5) is 0 Å². The highest BCUT2D eigenvalue weighted by Gasteiger charge is 3.02. The number of hydrogen-bond acceptors (Lipinski definition) is 7. The van der Waals surface area contributed by atoms with Crippen LogP contribution in [0.15, 0.2) is 30.3 Å². The van der Waals surface area contributed by atoms with Crippen molar-refractivity contribution >= 4 is 17.9 Å². The number of fused-ring (bicyclic) bond motifs is 1. The smallest absolute Gasteiger partial charge is 0.313 e. The Morgan fingerprint density at radius 1 is 1.12 bits per heavy atom. The summed E-state index contributed by atoms with van der Waals surface area (Å²) in [5.41, 5.74) is -1.86. The van der Waals surface area contributed by atoms with Gasteiger partial charge < -0.3 is 19.3 Å². The molecule has 1 unspecified atom stereocenters. The first-order chi connectivity index (χ1) is 16.3. The van der Waals surface area contributed by atoms with Gasteiger partial charge in [0, 0.05) is 22.7 Å². The van der Waals surface area contributed by atoms with Gasteiger partial charge in [0.2, 0.25) is 0 Å². The summed E-state index contributed by atoms with van der Waals surface area (Å²) < 4.78 is 17.4. The molecule has 1 aliphatic heterocycles. The van der Waals surface area contributed by atoms with Gasteiger partial charge in [-0.2, -0.15) is 0 Å². The van der Waals surface area contributed by atoms with Crippen molar-refractivity contribution in [2.24, 2.45) is 45.8 Å². The second kappa shape index (κ2) is 6.23. The van der Waals surface area contributed by atoms with Crippen LogP contribution in [-0.4, -0.2) is 41.8 Å². The second-order valence-corrected chi connectivity index (χ2v) is 11.7. The molecule has 180 valence electrons. The van der Waals surface area contributed by atoms with Crippen LogP contribution in [0, 0.1) is 45.8 Å². The number of aliphatic hydroxyl groups is 1. The lowest BCUT2D eigenvalue weighted by atomic mass is 9.52. The molecule has 8 rings (SSSR count). The van der Waals surface area contributed by atoms with Crippen LogP contribution >= 0.6 is 0 Å². The van der Waals surface area contributed by atoms with E-state index < -0.39 is 52.2 Å². The number of carbonyl (C=O) groups excluding carboxylic acids is 3. The van der Waals surface area contributed by atoms with Gasteiger partial charge in [0.15, 0.2) is 0 Å². The van der Waals surface area contributed by atoms with Crippen molar-refractivity contribution in [3.63, 3.8) is 0 Å². The van der Waals surface area contributed by atoms with Gasteiger partial charge >= 0.3 is 17.9 Å². The zero-order chi connectivity index (χ0) is 23.7. The lowest BCUT2D eigenvalue weighted by Crippen LogP contribution is -2.57. The third-order valence-corrected chi connectivity index (χ3v) is 11.2. The topological polar surface area (TPSA) is 99.1 Å². The number of methoxy groups -OCH3 is 1. The number of rotatable bonds is 4. The molecular formula is C27H30O7. The van der Waals surface area contributed by atoms with Gasteiger partial charge in [-0.25, -0.2) is 0 Å². The molecule has 1 aromatic rings. The molecule has 1 aromatic carbocycles. The second-order valence-electron chi connectivity index (χ2n) is 11.7. The van der Waals surface area contributed by atoms with E-state index in [9.17, 15) is 19.5 Å². The molecule has 0 aromatic heterocycles. The Hall–Kier alpha value is -2.41. The largest absolute Gasteiger partial charge is 0.469 e. The number of carbonyl (C=O) groups is 3. The van der Waals surface area contributed by atoms with Gasteiger partial charge in [0.05, 0.1) is 30.5 Å². The fraction of sp³-hybridized carbons (Fsp3) is 0.667. The summed E-state index contributed by atoms with van der Waals surface area (Å²) >= 11 is 0. The molecule has 6 bridgehead atoms. The maximum Gasteiger partial charge on any atom is 0.313 e. The first kappa shape index (κ1) is 20.9. The predicted octanol–water partition coefficient (Wildman–Crippen LogP) is 2.64. The fourth-order valence-corrected chi connectivity index (χ4v) is 10.3. The molecule has 0 radical (unpaired) electrons. The van der Waals surface area contributed by atoms with E-state index >= 15 is 0 Å². The number of esters is 3. The average molecular weight is 467 g/mol. The summed E-state index contributed by atoms with van der Waals surface area (Å²) in [7, 11) is 1.39. The predicted molar refractivity (Wildman–Crippen MR) is 117 cm³/mol. The van der Waals surface area contributed by atoms with Crippen molar-refractivity contribution in [3.05, 3.63) is 35.9 Å². The molecular weight excluding hydrogens is 436 g/mol. The molecule has 1 heterocycles. The van der Waals surface area contributed by atoms with Crippen LogP contribution in [0.5, 0.6) is 0 Å². The van der Waals surface area contributed by atoms with Gasteiger partial charge in [0.1, 0.15) is 12.2 Å². The van der Waals surface area contributed by atoms with E-state index in [4.69, 9.17) is 14.2 Å². The molecule has 6 saturated carbocycles. The minimum absolute atomic E-state index is 0.0316. The van der Waals surface area contributed by atoms with Crippen LogP contribution in [-0.2, 0) is 35.2 Å². The van der Waals surface area contributed by atoms with Crippen molar-refractivity contribution in [2.45, 2.75) is 57.3 Å². The minimum atomic E-state index is -1.15. The molecule has 2 spiro atoms. The minimum Gasteiger partial charge on any atom is -0.469 e. The van der Waals surface area contributed by atoms with Gasteiger partial charge in [0.25, 0.3) is 0 Å². The number of hydrogen-bond donors (Lipinski definition) is 1. The van der Waals surface area contributed by atoms with Crippen molar-refractivity contribution in [1.29, 1.82) is 0 Å². The summed E-state index contributed by atoms with van der Waals surface area (Å²) in [6.07, 6.45) is 3.05. The molecule has 6 aliphatic carbocycles. The van der Waals surface area contributed by atoms with E-state index in [2.05, 4.69) is 0 Å². The van der Waals surface area contributed by atoms with Gasteiger partial charge in [-0.05, 0) is 50.5 Å². The molecule has 1 saturated heterocycles. The van der Waals surface area contributed by atoms with E-state index in [1.807, 2.05) is 30.3 Å². The zero-order valence-corrected chi connectivity index (χ0v) is 19.5. The molecule has 10 atom stereocenters. The van der Waals surface area contributed by atoms with Crippen LogP contribution in [0.2, 0.25) is 0 Å². The summed E-state index contributed by atoms with van der Waals surface area (Å²) in [6.45, 7) is 1.94. The maximum absolute atomic E-state index is 13.6. The van der Waals surface area contributed by atoms with E-state index in [0.29, 0.717) is 12.8 Å². The number of benzene rings is 1. The Balaban J connectivity index is 1.29. The maximum atomic E-state index is 13.6.